The highest BCUT2D eigenvalue weighted by Crippen LogP contribution is 2.35. The molecule has 28 heavy (non-hydrogen) atoms. The molecule has 0 radical (unpaired) electrons. The number of thioether (sulfide) groups is 1. The molecule has 0 aliphatic rings. The van der Waals surface area contributed by atoms with Gasteiger partial charge >= 0.3 is 5.97 Å². The Labute approximate surface area is 167 Å². The van der Waals surface area contributed by atoms with Gasteiger partial charge in [0.15, 0.2) is 5.16 Å². The van der Waals surface area contributed by atoms with Crippen molar-refractivity contribution >= 4 is 17.7 Å². The van der Waals surface area contributed by atoms with E-state index in [1.807, 2.05) is 29.8 Å². The number of imidazole rings is 1. The van der Waals surface area contributed by atoms with Crippen LogP contribution in [0.1, 0.15) is 6.42 Å². The Kier molecular flexibility index (Phi) is 6.60. The largest absolute Gasteiger partial charge is 0.469 e. The Morgan fingerprint density at radius 1 is 1.14 bits per heavy atom. The monoisotopic (exact) mass is 397 g/mol. The highest BCUT2D eigenvalue weighted by atomic mass is 32.2. The number of methoxy groups -OCH3 is 1. The summed E-state index contributed by atoms with van der Waals surface area (Å²) in [5.41, 5.74) is 3.55. The van der Waals surface area contributed by atoms with Gasteiger partial charge in [0.1, 0.15) is 5.82 Å². The lowest BCUT2D eigenvalue weighted by Crippen LogP contribution is -1.97. The Balaban J connectivity index is 1.90. The molecule has 0 unspecified atom stereocenters. The summed E-state index contributed by atoms with van der Waals surface area (Å²) in [7, 11) is 3.33. The summed E-state index contributed by atoms with van der Waals surface area (Å²) in [4.78, 5) is 20.0. The van der Waals surface area contributed by atoms with E-state index < -0.39 is 0 Å². The van der Waals surface area contributed by atoms with Crippen LogP contribution in [0.5, 0.6) is 0 Å². The van der Waals surface area contributed by atoms with Crippen molar-refractivity contribution in [1.82, 2.24) is 14.5 Å². The first kappa shape index (κ1) is 19.8. The van der Waals surface area contributed by atoms with Crippen LogP contribution in [0.4, 0.5) is 4.39 Å². The summed E-state index contributed by atoms with van der Waals surface area (Å²) >= 11 is 1.56. The third-order valence-corrected chi connectivity index (χ3v) is 5.10. The molecule has 0 spiro atoms. The maximum atomic E-state index is 13.4. The highest BCUT2D eigenvalue weighted by Gasteiger charge is 2.18. The lowest BCUT2D eigenvalue weighted by molar-refractivity contribution is -0.139. The van der Waals surface area contributed by atoms with Crippen molar-refractivity contribution in [3.8, 4) is 22.5 Å². The molecule has 0 N–H and O–H groups in total. The van der Waals surface area contributed by atoms with Crippen molar-refractivity contribution in [3.63, 3.8) is 0 Å². The second-order valence-corrected chi connectivity index (χ2v) is 6.94. The lowest BCUT2D eigenvalue weighted by Gasteiger charge is -2.07. The Hall–Kier alpha value is -2.93. The fraction of sp³-hybridized carbons (Fsp3) is 0.190. The quantitative estimate of drug-likeness (QED) is 0.334. The van der Waals surface area contributed by atoms with E-state index in [9.17, 15) is 9.18 Å². The number of benzene rings is 1. The van der Waals surface area contributed by atoms with E-state index in [-0.39, 0.29) is 18.2 Å². The van der Waals surface area contributed by atoms with E-state index in [2.05, 4.69) is 9.72 Å². The Bertz CT molecular complexity index is 969. The van der Waals surface area contributed by atoms with Crippen LogP contribution >= 0.6 is 11.8 Å². The number of nitrogens with zero attached hydrogens (tertiary/aromatic N) is 3. The molecule has 0 fully saturated rings. The minimum Gasteiger partial charge on any atom is -0.469 e. The molecular formula is C21H20FN3O2S. The molecule has 0 saturated heterocycles. The number of carbonyl (C=O) groups is 1. The highest BCUT2D eigenvalue weighted by molar-refractivity contribution is 7.99. The van der Waals surface area contributed by atoms with Crippen molar-refractivity contribution in [2.75, 3.05) is 12.9 Å². The summed E-state index contributed by atoms with van der Waals surface area (Å²) in [6, 6.07) is 10.2. The Morgan fingerprint density at radius 2 is 1.86 bits per heavy atom. The SMILES string of the molecule is COC(=O)C/C=C/CSc1nc(-c2ccc(F)cc2)c(-c2ccncc2)n1C. The van der Waals surface area contributed by atoms with E-state index in [1.165, 1.54) is 19.2 Å². The molecule has 1 aromatic carbocycles. The summed E-state index contributed by atoms with van der Waals surface area (Å²) < 4.78 is 20.0. The zero-order chi connectivity index (χ0) is 19.9. The molecule has 2 aromatic heterocycles. The second-order valence-electron chi connectivity index (χ2n) is 5.96. The maximum Gasteiger partial charge on any atom is 0.309 e. The molecule has 3 rings (SSSR count). The number of pyridine rings is 1. The molecule has 2 heterocycles. The molecule has 0 bridgehead atoms. The number of halogens is 1. The summed E-state index contributed by atoms with van der Waals surface area (Å²) in [6.07, 6.45) is 7.42. The van der Waals surface area contributed by atoms with Gasteiger partial charge in [0, 0.05) is 36.3 Å². The molecule has 0 aliphatic heterocycles. The lowest BCUT2D eigenvalue weighted by atomic mass is 10.1. The second kappa shape index (κ2) is 9.32. The Morgan fingerprint density at radius 3 is 2.54 bits per heavy atom. The summed E-state index contributed by atoms with van der Waals surface area (Å²) in [6.45, 7) is 0. The minimum absolute atomic E-state index is 0.251. The number of hydrogen-bond donors (Lipinski definition) is 0. The molecule has 3 aromatic rings. The van der Waals surface area contributed by atoms with Crippen molar-refractivity contribution in [2.45, 2.75) is 11.6 Å². The van der Waals surface area contributed by atoms with Crippen molar-refractivity contribution in [2.24, 2.45) is 7.05 Å². The number of carbonyl (C=O) groups excluding carboxylic acids is 1. The molecule has 7 heteroatoms. The normalized spacial score (nSPS) is 11.1. The molecular weight excluding hydrogens is 377 g/mol. The molecule has 0 aliphatic carbocycles. The predicted octanol–water partition coefficient (Wildman–Crippen LogP) is 4.50. The number of esters is 1. The topological polar surface area (TPSA) is 57.0 Å². The first-order valence-corrected chi connectivity index (χ1v) is 9.66. The van der Waals surface area contributed by atoms with Crippen LogP contribution in [0.15, 0.2) is 66.1 Å². The first-order chi connectivity index (χ1) is 13.6. The van der Waals surface area contributed by atoms with E-state index in [0.29, 0.717) is 5.75 Å². The average Bonchev–Trinajstić information content (AvgIpc) is 3.05. The van der Waals surface area contributed by atoms with E-state index in [4.69, 9.17) is 4.98 Å². The molecule has 5 nitrogen and oxygen atoms in total. The average molecular weight is 397 g/mol. The molecule has 0 saturated carbocycles. The van der Waals surface area contributed by atoms with Gasteiger partial charge in [0.25, 0.3) is 0 Å². The van der Waals surface area contributed by atoms with Gasteiger partial charge in [-0.15, -0.1) is 0 Å². The van der Waals surface area contributed by atoms with Crippen LogP contribution in [0, 0.1) is 5.82 Å². The van der Waals surface area contributed by atoms with Gasteiger partial charge in [-0.25, -0.2) is 9.37 Å². The van der Waals surface area contributed by atoms with E-state index in [1.54, 1.807) is 42.4 Å². The zero-order valence-electron chi connectivity index (χ0n) is 15.6. The van der Waals surface area contributed by atoms with Crippen molar-refractivity contribution in [3.05, 3.63) is 66.8 Å². The third kappa shape index (κ3) is 4.67. The van der Waals surface area contributed by atoms with Gasteiger partial charge in [-0.3, -0.25) is 9.78 Å². The van der Waals surface area contributed by atoms with Gasteiger partial charge < -0.3 is 9.30 Å². The third-order valence-electron chi connectivity index (χ3n) is 4.11. The van der Waals surface area contributed by atoms with Gasteiger partial charge in [-0.2, -0.15) is 0 Å². The van der Waals surface area contributed by atoms with Crippen molar-refractivity contribution < 1.29 is 13.9 Å². The number of ether oxygens (including phenoxy) is 1. The summed E-state index contributed by atoms with van der Waals surface area (Å²) in [5, 5.41) is 0.828. The first-order valence-electron chi connectivity index (χ1n) is 8.68. The fourth-order valence-electron chi connectivity index (χ4n) is 2.71. The zero-order valence-corrected chi connectivity index (χ0v) is 16.4. The molecule has 0 amide bonds. The number of aromatic nitrogens is 3. The van der Waals surface area contributed by atoms with Crippen LogP contribution in [0.25, 0.3) is 22.5 Å². The summed E-state index contributed by atoms with van der Waals surface area (Å²) in [5.74, 6) is 0.118. The van der Waals surface area contributed by atoms with Gasteiger partial charge in [0.2, 0.25) is 0 Å². The van der Waals surface area contributed by atoms with Crippen molar-refractivity contribution in [1.29, 1.82) is 0 Å². The smallest absolute Gasteiger partial charge is 0.309 e. The van der Waals surface area contributed by atoms with Crippen LogP contribution < -0.4 is 0 Å². The van der Waals surface area contributed by atoms with Gasteiger partial charge in [0.05, 0.1) is 24.9 Å². The van der Waals surface area contributed by atoms with E-state index in [0.717, 1.165) is 27.7 Å². The fourth-order valence-corrected chi connectivity index (χ4v) is 3.53. The minimum atomic E-state index is -0.282. The van der Waals surface area contributed by atoms with Crippen LogP contribution in [0.2, 0.25) is 0 Å². The molecule has 0 atom stereocenters. The van der Waals surface area contributed by atoms with Crippen LogP contribution in [-0.4, -0.2) is 33.4 Å². The van der Waals surface area contributed by atoms with Gasteiger partial charge in [-0.1, -0.05) is 23.9 Å². The molecule has 144 valence electrons. The van der Waals surface area contributed by atoms with Gasteiger partial charge in [-0.05, 0) is 36.4 Å². The van der Waals surface area contributed by atoms with Crippen LogP contribution in [-0.2, 0) is 16.6 Å². The van der Waals surface area contributed by atoms with Crippen LogP contribution in [0.3, 0.4) is 0 Å². The number of hydrogen-bond acceptors (Lipinski definition) is 5. The standard InChI is InChI=1S/C21H20FN3O2S/c1-25-20(16-10-12-23-13-11-16)19(15-6-8-17(22)9-7-15)24-21(25)28-14-4-3-5-18(26)27-2/h3-4,6-13H,5,14H2,1-2H3/b4-3+. The number of rotatable bonds is 7. The maximum absolute atomic E-state index is 13.4. The predicted molar refractivity (Wildman–Crippen MR) is 108 cm³/mol. The van der Waals surface area contributed by atoms with E-state index >= 15 is 0 Å².